The summed E-state index contributed by atoms with van der Waals surface area (Å²) in [6, 6.07) is 4.36. The summed E-state index contributed by atoms with van der Waals surface area (Å²) >= 11 is 0. The first-order valence-corrected chi connectivity index (χ1v) is 6.24. The number of fused-ring (bicyclic) bond motifs is 1. The third-order valence-corrected chi connectivity index (χ3v) is 3.46. The van der Waals surface area contributed by atoms with Crippen molar-refractivity contribution in [1.29, 1.82) is 0 Å². The molecule has 16 heavy (non-hydrogen) atoms. The average Bonchev–Trinajstić information content (AvgIpc) is 2.79. The van der Waals surface area contributed by atoms with Crippen LogP contribution >= 0.6 is 0 Å². The fraction of sp³-hybridized carbons (Fsp3) is 0.571. The maximum atomic E-state index is 5.53. The second-order valence-corrected chi connectivity index (χ2v) is 4.48. The second kappa shape index (κ2) is 5.35. The molecule has 0 aliphatic heterocycles. The van der Waals surface area contributed by atoms with Crippen molar-refractivity contribution in [2.24, 2.45) is 5.73 Å². The zero-order valence-corrected chi connectivity index (χ0v) is 10.1. The van der Waals surface area contributed by atoms with E-state index in [1.807, 2.05) is 0 Å². The Morgan fingerprint density at radius 2 is 2.00 bits per heavy atom. The molecular formula is C14H21NO. The van der Waals surface area contributed by atoms with Crippen LogP contribution in [-0.2, 0) is 19.3 Å². The van der Waals surface area contributed by atoms with Crippen LogP contribution < -0.4 is 10.5 Å². The van der Waals surface area contributed by atoms with E-state index >= 15 is 0 Å². The van der Waals surface area contributed by atoms with Gasteiger partial charge in [-0.2, -0.15) is 0 Å². The van der Waals surface area contributed by atoms with Gasteiger partial charge in [-0.1, -0.05) is 6.07 Å². The van der Waals surface area contributed by atoms with Gasteiger partial charge in [0.15, 0.2) is 0 Å². The lowest BCUT2D eigenvalue weighted by molar-refractivity contribution is 0.410. The SMILES string of the molecule is COc1ccc(CCCCN)c2c1CCC2. The van der Waals surface area contributed by atoms with E-state index in [1.165, 1.54) is 43.2 Å². The monoisotopic (exact) mass is 219 g/mol. The van der Waals surface area contributed by atoms with Gasteiger partial charge in [-0.3, -0.25) is 0 Å². The third-order valence-electron chi connectivity index (χ3n) is 3.46. The van der Waals surface area contributed by atoms with Gasteiger partial charge in [0.2, 0.25) is 0 Å². The van der Waals surface area contributed by atoms with Crippen LogP contribution in [0.4, 0.5) is 0 Å². The number of hydrogen-bond donors (Lipinski definition) is 1. The molecule has 0 unspecified atom stereocenters. The topological polar surface area (TPSA) is 35.2 Å². The molecule has 1 aromatic rings. The van der Waals surface area contributed by atoms with Gasteiger partial charge in [0, 0.05) is 0 Å². The summed E-state index contributed by atoms with van der Waals surface area (Å²) in [4.78, 5) is 0. The second-order valence-electron chi connectivity index (χ2n) is 4.48. The zero-order valence-electron chi connectivity index (χ0n) is 10.1. The summed E-state index contributed by atoms with van der Waals surface area (Å²) in [5.74, 6) is 1.08. The number of ether oxygens (including phenoxy) is 1. The largest absolute Gasteiger partial charge is 0.496 e. The van der Waals surface area contributed by atoms with Crippen molar-refractivity contribution in [2.45, 2.75) is 38.5 Å². The fourth-order valence-electron chi connectivity index (χ4n) is 2.63. The van der Waals surface area contributed by atoms with Gasteiger partial charge in [0.05, 0.1) is 7.11 Å². The van der Waals surface area contributed by atoms with Gasteiger partial charge in [0.1, 0.15) is 5.75 Å². The molecule has 0 bridgehead atoms. The molecule has 0 spiro atoms. The van der Waals surface area contributed by atoms with Crippen LogP contribution in [0.3, 0.4) is 0 Å². The van der Waals surface area contributed by atoms with Gasteiger partial charge in [-0.15, -0.1) is 0 Å². The van der Waals surface area contributed by atoms with Crippen LogP contribution in [-0.4, -0.2) is 13.7 Å². The molecule has 0 amide bonds. The number of hydrogen-bond acceptors (Lipinski definition) is 2. The van der Waals surface area contributed by atoms with Gasteiger partial charge in [-0.25, -0.2) is 0 Å². The molecule has 0 aromatic heterocycles. The molecule has 0 saturated heterocycles. The quantitative estimate of drug-likeness (QED) is 0.772. The van der Waals surface area contributed by atoms with Crippen molar-refractivity contribution in [1.82, 2.24) is 0 Å². The first-order valence-electron chi connectivity index (χ1n) is 6.24. The van der Waals surface area contributed by atoms with Gasteiger partial charge >= 0.3 is 0 Å². The lowest BCUT2D eigenvalue weighted by Crippen LogP contribution is -2.01. The minimum Gasteiger partial charge on any atom is -0.496 e. The van der Waals surface area contributed by atoms with Crippen LogP contribution in [0.25, 0.3) is 0 Å². The van der Waals surface area contributed by atoms with Gasteiger partial charge in [-0.05, 0) is 67.8 Å². The number of unbranched alkanes of at least 4 members (excludes halogenated alkanes) is 1. The van der Waals surface area contributed by atoms with Crippen molar-refractivity contribution in [3.05, 3.63) is 28.8 Å². The third kappa shape index (κ3) is 2.22. The Balaban J connectivity index is 2.17. The Kier molecular flexibility index (Phi) is 3.83. The van der Waals surface area contributed by atoms with Crippen LogP contribution in [0.15, 0.2) is 12.1 Å². The zero-order chi connectivity index (χ0) is 11.4. The van der Waals surface area contributed by atoms with Crippen molar-refractivity contribution in [3.63, 3.8) is 0 Å². The van der Waals surface area contributed by atoms with E-state index in [0.717, 1.165) is 18.7 Å². The molecule has 1 aromatic carbocycles. The number of methoxy groups -OCH3 is 1. The molecule has 0 atom stereocenters. The Hall–Kier alpha value is -1.02. The number of benzene rings is 1. The molecule has 0 radical (unpaired) electrons. The number of aryl methyl sites for hydroxylation is 1. The van der Waals surface area contributed by atoms with Gasteiger partial charge in [0.25, 0.3) is 0 Å². The van der Waals surface area contributed by atoms with Crippen molar-refractivity contribution < 1.29 is 4.74 Å². The molecule has 2 nitrogen and oxygen atoms in total. The lowest BCUT2D eigenvalue weighted by atomic mass is 9.98. The average molecular weight is 219 g/mol. The molecule has 1 aliphatic rings. The van der Waals surface area contributed by atoms with E-state index in [2.05, 4.69) is 12.1 Å². The summed E-state index contributed by atoms with van der Waals surface area (Å²) in [7, 11) is 1.77. The highest BCUT2D eigenvalue weighted by Crippen LogP contribution is 2.33. The molecule has 2 heteroatoms. The van der Waals surface area contributed by atoms with E-state index in [9.17, 15) is 0 Å². The standard InChI is InChI=1S/C14H21NO/c1-16-14-9-8-11(5-2-3-10-15)12-6-4-7-13(12)14/h8-9H,2-7,10,15H2,1H3. The number of rotatable bonds is 5. The van der Waals surface area contributed by atoms with Crippen molar-refractivity contribution >= 4 is 0 Å². The highest BCUT2D eigenvalue weighted by atomic mass is 16.5. The lowest BCUT2D eigenvalue weighted by Gasteiger charge is -2.12. The molecule has 2 rings (SSSR count). The predicted octanol–water partition coefficient (Wildman–Crippen LogP) is 2.47. The van der Waals surface area contributed by atoms with Crippen molar-refractivity contribution in [3.8, 4) is 5.75 Å². The maximum Gasteiger partial charge on any atom is 0.122 e. The fourth-order valence-corrected chi connectivity index (χ4v) is 2.63. The Morgan fingerprint density at radius 1 is 1.19 bits per heavy atom. The number of nitrogens with two attached hydrogens (primary N) is 1. The summed E-state index contributed by atoms with van der Waals surface area (Å²) in [5, 5.41) is 0. The normalized spacial score (nSPS) is 13.9. The van der Waals surface area contributed by atoms with E-state index < -0.39 is 0 Å². The summed E-state index contributed by atoms with van der Waals surface area (Å²) in [5.41, 5.74) is 10.1. The Bertz CT molecular complexity index is 360. The molecule has 88 valence electrons. The molecular weight excluding hydrogens is 198 g/mol. The Labute approximate surface area is 97.8 Å². The van der Waals surface area contributed by atoms with Crippen LogP contribution in [0.1, 0.15) is 36.0 Å². The Morgan fingerprint density at radius 3 is 2.75 bits per heavy atom. The molecule has 2 N–H and O–H groups in total. The maximum absolute atomic E-state index is 5.53. The first-order chi connectivity index (χ1) is 7.86. The molecule has 1 aliphatic carbocycles. The summed E-state index contributed by atoms with van der Waals surface area (Å²) in [6.45, 7) is 0.804. The molecule has 0 saturated carbocycles. The predicted molar refractivity (Wildman–Crippen MR) is 67.0 cm³/mol. The summed E-state index contributed by atoms with van der Waals surface area (Å²) in [6.07, 6.45) is 7.19. The minimum absolute atomic E-state index is 0.804. The first kappa shape index (κ1) is 11.5. The van der Waals surface area contributed by atoms with Crippen molar-refractivity contribution in [2.75, 3.05) is 13.7 Å². The van der Waals surface area contributed by atoms with Gasteiger partial charge < -0.3 is 10.5 Å². The minimum atomic E-state index is 0.804. The highest BCUT2D eigenvalue weighted by Gasteiger charge is 2.18. The highest BCUT2D eigenvalue weighted by molar-refractivity contribution is 5.47. The van der Waals surface area contributed by atoms with Crippen LogP contribution in [0, 0.1) is 0 Å². The van der Waals surface area contributed by atoms with Crippen LogP contribution in [0.5, 0.6) is 5.75 Å². The smallest absolute Gasteiger partial charge is 0.122 e. The van der Waals surface area contributed by atoms with E-state index in [1.54, 1.807) is 12.7 Å². The van der Waals surface area contributed by atoms with E-state index in [-0.39, 0.29) is 0 Å². The van der Waals surface area contributed by atoms with Crippen LogP contribution in [0.2, 0.25) is 0 Å². The van der Waals surface area contributed by atoms with E-state index in [0.29, 0.717) is 0 Å². The summed E-state index contributed by atoms with van der Waals surface area (Å²) < 4.78 is 5.42. The van der Waals surface area contributed by atoms with E-state index in [4.69, 9.17) is 10.5 Å². The molecule has 0 fully saturated rings. The molecule has 0 heterocycles.